The lowest BCUT2D eigenvalue weighted by molar-refractivity contribution is -0.141. The number of aromatic nitrogens is 3. The molecule has 2 N–H and O–H groups in total. The van der Waals surface area contributed by atoms with Crippen LogP contribution in [0.25, 0.3) is 11.3 Å². The maximum absolute atomic E-state index is 12.9. The van der Waals surface area contributed by atoms with Gasteiger partial charge in [-0.15, -0.1) is 0 Å². The number of hydrogen-bond donors (Lipinski definition) is 2. The maximum atomic E-state index is 12.9. The van der Waals surface area contributed by atoms with Gasteiger partial charge in [0.15, 0.2) is 11.5 Å². The topological polar surface area (TPSA) is 96.2 Å². The number of carbonyl (C=O) groups is 1. The zero-order chi connectivity index (χ0) is 27.4. The molecule has 0 radical (unpaired) electrons. The Morgan fingerprint density at radius 2 is 1.92 bits per heavy atom. The minimum atomic E-state index is -4.49. The molecule has 0 bridgehead atoms. The molecule has 208 valence electrons. The smallest absolute Gasteiger partial charge is 0.424 e. The molecule has 8 nitrogen and oxygen atoms in total. The van der Waals surface area contributed by atoms with Crippen molar-refractivity contribution in [2.45, 2.75) is 57.2 Å². The first-order valence-electron chi connectivity index (χ1n) is 13.5. The van der Waals surface area contributed by atoms with Crippen LogP contribution in [0.3, 0.4) is 0 Å². The summed E-state index contributed by atoms with van der Waals surface area (Å²) in [6, 6.07) is 7.93. The molecular weight excluding hydrogens is 509 g/mol. The number of nitrogens with one attached hydrogen (secondary N) is 2. The van der Waals surface area contributed by atoms with E-state index < -0.39 is 11.9 Å². The zero-order valence-electron chi connectivity index (χ0n) is 21.9. The molecule has 2 fully saturated rings. The second kappa shape index (κ2) is 11.6. The molecule has 1 aromatic carbocycles. The first-order chi connectivity index (χ1) is 18.8. The van der Waals surface area contributed by atoms with Gasteiger partial charge in [0.1, 0.15) is 5.82 Å². The molecular formula is C28H33F3N6O2. The van der Waals surface area contributed by atoms with Crippen LogP contribution in [0.2, 0.25) is 0 Å². The van der Waals surface area contributed by atoms with Crippen molar-refractivity contribution in [3.63, 3.8) is 0 Å². The third kappa shape index (κ3) is 6.51. The van der Waals surface area contributed by atoms with E-state index in [0.717, 1.165) is 63.4 Å². The van der Waals surface area contributed by atoms with Crippen LogP contribution in [0.15, 0.2) is 47.3 Å². The van der Waals surface area contributed by atoms with E-state index in [9.17, 15) is 18.0 Å². The Bertz CT molecular complexity index is 1260. The van der Waals surface area contributed by atoms with E-state index in [1.54, 1.807) is 25.4 Å². The van der Waals surface area contributed by atoms with Gasteiger partial charge in [0.05, 0.1) is 18.6 Å². The van der Waals surface area contributed by atoms with Gasteiger partial charge in [-0.3, -0.25) is 4.79 Å². The van der Waals surface area contributed by atoms with Gasteiger partial charge >= 0.3 is 6.18 Å². The number of rotatable bonds is 7. The number of piperidine rings is 1. The van der Waals surface area contributed by atoms with Crippen LogP contribution in [-0.4, -0.2) is 47.0 Å². The summed E-state index contributed by atoms with van der Waals surface area (Å²) >= 11 is 0. The molecule has 1 saturated carbocycles. The average molecular weight is 543 g/mol. The van der Waals surface area contributed by atoms with Gasteiger partial charge in [-0.25, -0.2) is 15.0 Å². The van der Waals surface area contributed by atoms with Gasteiger partial charge in [0.25, 0.3) is 11.9 Å². The molecule has 0 spiro atoms. The molecule has 39 heavy (non-hydrogen) atoms. The van der Waals surface area contributed by atoms with E-state index in [0.29, 0.717) is 35.0 Å². The fraction of sp³-hybridized carbons (Fsp3) is 0.500. The van der Waals surface area contributed by atoms with Crippen molar-refractivity contribution < 1.29 is 22.4 Å². The van der Waals surface area contributed by atoms with Crippen molar-refractivity contribution in [1.29, 1.82) is 0 Å². The second-order valence-corrected chi connectivity index (χ2v) is 10.4. The SMILES string of the molecule is CNC(=O)c1cccc(-c2cnc(N[C@@H]3CCCC[C@H]3C[C@H]3CCCN(c4cnc(C(F)(F)F)cn4)C3)o2)c1. The highest BCUT2D eigenvalue weighted by Crippen LogP contribution is 2.36. The molecule has 11 heteroatoms. The fourth-order valence-corrected chi connectivity index (χ4v) is 5.80. The highest BCUT2D eigenvalue weighted by Gasteiger charge is 2.34. The van der Waals surface area contributed by atoms with Crippen LogP contribution in [-0.2, 0) is 6.18 Å². The van der Waals surface area contributed by atoms with Gasteiger partial charge in [0.2, 0.25) is 0 Å². The lowest BCUT2D eigenvalue weighted by Crippen LogP contribution is -2.40. The summed E-state index contributed by atoms with van der Waals surface area (Å²) in [5, 5.41) is 6.15. The van der Waals surface area contributed by atoms with Gasteiger partial charge in [-0.1, -0.05) is 25.0 Å². The van der Waals surface area contributed by atoms with E-state index in [2.05, 4.69) is 30.5 Å². The molecule has 2 aromatic heterocycles. The minimum absolute atomic E-state index is 0.161. The lowest BCUT2D eigenvalue weighted by Gasteiger charge is -2.38. The van der Waals surface area contributed by atoms with Gasteiger partial charge in [-0.05, 0) is 56.1 Å². The van der Waals surface area contributed by atoms with Crippen LogP contribution < -0.4 is 15.5 Å². The Kier molecular flexibility index (Phi) is 8.04. The number of hydrogen-bond acceptors (Lipinski definition) is 7. The van der Waals surface area contributed by atoms with Crippen molar-refractivity contribution in [1.82, 2.24) is 20.3 Å². The molecule has 5 rings (SSSR count). The van der Waals surface area contributed by atoms with Crippen molar-refractivity contribution >= 4 is 17.7 Å². The minimum Gasteiger partial charge on any atom is -0.424 e. The summed E-state index contributed by atoms with van der Waals surface area (Å²) in [5.41, 5.74) is 0.368. The molecule has 2 aliphatic rings. The van der Waals surface area contributed by atoms with Gasteiger partial charge < -0.3 is 20.0 Å². The third-order valence-electron chi connectivity index (χ3n) is 7.77. The van der Waals surface area contributed by atoms with Crippen LogP contribution in [0.1, 0.15) is 61.0 Å². The Balaban J connectivity index is 1.22. The summed E-state index contributed by atoms with van der Waals surface area (Å²) in [7, 11) is 1.60. The Hall–Kier alpha value is -3.63. The average Bonchev–Trinajstić information content (AvgIpc) is 3.42. The Morgan fingerprint density at radius 1 is 1.08 bits per heavy atom. The number of benzene rings is 1. The summed E-state index contributed by atoms with van der Waals surface area (Å²) in [4.78, 5) is 26.2. The standard InChI is InChI=1S/C28H33F3N6O2/c1-32-26(38)21-9-4-8-20(13-21)23-14-35-27(39-23)36-22-10-3-2-7-19(22)12-18-6-5-11-37(17-18)25-16-33-24(15-34-25)28(29,30)31/h4,8-9,13-16,18-19,22H,2-3,5-7,10-12,17H2,1H3,(H,32,38)(H,35,36)/t18-,19+,22-/m1/s1. The molecule has 1 amide bonds. The van der Waals surface area contributed by atoms with Crippen LogP contribution in [0, 0.1) is 11.8 Å². The number of nitrogens with zero attached hydrogens (tertiary/aromatic N) is 4. The highest BCUT2D eigenvalue weighted by molar-refractivity contribution is 5.95. The van der Waals surface area contributed by atoms with E-state index in [-0.39, 0.29) is 11.9 Å². The zero-order valence-corrected chi connectivity index (χ0v) is 21.9. The summed E-state index contributed by atoms with van der Waals surface area (Å²) in [6.07, 6.45) is 6.75. The van der Waals surface area contributed by atoms with Crippen molar-refractivity contribution in [3.05, 3.63) is 54.1 Å². The second-order valence-electron chi connectivity index (χ2n) is 10.4. The normalized spacial score (nSPS) is 21.9. The molecule has 1 aliphatic carbocycles. The summed E-state index contributed by atoms with van der Waals surface area (Å²) < 4.78 is 44.7. The largest absolute Gasteiger partial charge is 0.434 e. The lowest BCUT2D eigenvalue weighted by atomic mass is 9.77. The van der Waals surface area contributed by atoms with Crippen molar-refractivity contribution in [3.8, 4) is 11.3 Å². The Morgan fingerprint density at radius 3 is 2.69 bits per heavy atom. The van der Waals surface area contributed by atoms with Crippen LogP contribution in [0.4, 0.5) is 25.0 Å². The van der Waals surface area contributed by atoms with E-state index in [1.165, 1.54) is 12.6 Å². The molecule has 3 atom stereocenters. The number of oxazole rings is 1. The number of amides is 1. The number of alkyl halides is 3. The monoisotopic (exact) mass is 542 g/mol. The Labute approximate surface area is 225 Å². The molecule has 1 saturated heterocycles. The fourth-order valence-electron chi connectivity index (χ4n) is 5.80. The van der Waals surface area contributed by atoms with Crippen molar-refractivity contribution in [2.75, 3.05) is 30.4 Å². The highest BCUT2D eigenvalue weighted by atomic mass is 19.4. The summed E-state index contributed by atoms with van der Waals surface area (Å²) in [6.45, 7) is 1.52. The number of anilines is 2. The van der Waals surface area contributed by atoms with Gasteiger partial charge in [0, 0.05) is 37.3 Å². The number of carbonyl (C=O) groups excluding carboxylic acids is 1. The molecule has 1 aliphatic heterocycles. The van der Waals surface area contributed by atoms with Crippen molar-refractivity contribution in [2.24, 2.45) is 11.8 Å². The van der Waals surface area contributed by atoms with E-state index >= 15 is 0 Å². The first-order valence-corrected chi connectivity index (χ1v) is 13.5. The van der Waals surface area contributed by atoms with E-state index in [1.807, 2.05) is 12.1 Å². The summed E-state index contributed by atoms with van der Waals surface area (Å²) in [5.74, 6) is 1.79. The third-order valence-corrected chi connectivity index (χ3v) is 7.77. The predicted octanol–water partition coefficient (Wildman–Crippen LogP) is 5.79. The molecule has 3 heterocycles. The quantitative estimate of drug-likeness (QED) is 0.390. The number of halogens is 3. The van der Waals surface area contributed by atoms with Gasteiger partial charge in [-0.2, -0.15) is 13.2 Å². The van der Waals surface area contributed by atoms with E-state index in [4.69, 9.17) is 4.42 Å². The maximum Gasteiger partial charge on any atom is 0.434 e. The first kappa shape index (κ1) is 27.0. The molecule has 0 unspecified atom stereocenters. The predicted molar refractivity (Wildman–Crippen MR) is 141 cm³/mol. The molecule has 3 aromatic rings. The van der Waals surface area contributed by atoms with Crippen LogP contribution in [0.5, 0.6) is 0 Å². The van der Waals surface area contributed by atoms with Crippen LogP contribution >= 0.6 is 0 Å².